The summed E-state index contributed by atoms with van der Waals surface area (Å²) in [5.74, 6) is 0.177. The zero-order valence-electron chi connectivity index (χ0n) is 14.8. The summed E-state index contributed by atoms with van der Waals surface area (Å²) in [6.45, 7) is 8.36. The zero-order valence-corrected chi connectivity index (χ0v) is 16.4. The van der Waals surface area contributed by atoms with E-state index >= 15 is 0 Å². The van der Waals surface area contributed by atoms with Gasteiger partial charge in [-0.15, -0.1) is 12.4 Å². The number of carbonyl (C=O) groups is 1. The van der Waals surface area contributed by atoms with Crippen molar-refractivity contribution < 1.29 is 9.53 Å². The molecule has 1 aromatic carbocycles. The summed E-state index contributed by atoms with van der Waals surface area (Å²) in [5.41, 5.74) is 1.09. The van der Waals surface area contributed by atoms with Gasteiger partial charge in [-0.25, -0.2) is 0 Å². The first kappa shape index (κ1) is 20.5. The van der Waals surface area contributed by atoms with E-state index in [1.807, 2.05) is 36.9 Å². The zero-order chi connectivity index (χ0) is 17.1. The number of rotatable bonds is 3. The van der Waals surface area contributed by atoms with Gasteiger partial charge in [-0.1, -0.05) is 29.8 Å². The van der Waals surface area contributed by atoms with E-state index in [1.54, 1.807) is 0 Å². The molecule has 1 aromatic rings. The third-order valence-electron chi connectivity index (χ3n) is 4.73. The summed E-state index contributed by atoms with van der Waals surface area (Å²) in [6.07, 6.45) is 0.195. The lowest BCUT2D eigenvalue weighted by Gasteiger charge is -2.40. The lowest BCUT2D eigenvalue weighted by atomic mass is 10.0. The van der Waals surface area contributed by atoms with Crippen molar-refractivity contribution in [1.82, 2.24) is 15.1 Å². The number of nitrogens with one attached hydrogen (secondary N) is 1. The van der Waals surface area contributed by atoms with Crippen LogP contribution in [0.1, 0.15) is 25.5 Å². The first-order valence-electron chi connectivity index (χ1n) is 8.67. The quantitative estimate of drug-likeness (QED) is 0.864. The minimum absolute atomic E-state index is 0. The maximum atomic E-state index is 12.8. The van der Waals surface area contributed by atoms with Gasteiger partial charge < -0.3 is 15.0 Å². The summed E-state index contributed by atoms with van der Waals surface area (Å²) >= 11 is 6.38. The van der Waals surface area contributed by atoms with Crippen LogP contribution in [0, 0.1) is 0 Å². The fraction of sp³-hybridized carbons (Fsp3) is 0.611. The highest BCUT2D eigenvalue weighted by atomic mass is 35.5. The number of piperazine rings is 1. The van der Waals surface area contributed by atoms with E-state index in [1.165, 1.54) is 0 Å². The summed E-state index contributed by atoms with van der Waals surface area (Å²) in [6, 6.07) is 8.04. The molecule has 3 rings (SSSR count). The fourth-order valence-electron chi connectivity index (χ4n) is 3.64. The van der Waals surface area contributed by atoms with Crippen LogP contribution in [-0.2, 0) is 9.53 Å². The van der Waals surface area contributed by atoms with E-state index in [4.69, 9.17) is 16.3 Å². The van der Waals surface area contributed by atoms with Gasteiger partial charge in [-0.05, 0) is 25.5 Å². The molecule has 0 bridgehead atoms. The minimum Gasteiger partial charge on any atom is -0.372 e. The van der Waals surface area contributed by atoms with Crippen LogP contribution in [0.2, 0.25) is 5.02 Å². The number of morpholine rings is 1. The van der Waals surface area contributed by atoms with Crippen LogP contribution < -0.4 is 5.32 Å². The Balaban J connectivity index is 0.00000225. The van der Waals surface area contributed by atoms with Crippen molar-refractivity contribution in [1.29, 1.82) is 0 Å². The lowest BCUT2D eigenvalue weighted by molar-refractivity contribution is -0.145. The molecule has 3 atom stereocenters. The molecule has 3 unspecified atom stereocenters. The molecule has 0 radical (unpaired) electrons. The highest BCUT2D eigenvalue weighted by molar-refractivity contribution is 6.31. The maximum Gasteiger partial charge on any atom is 0.236 e. The Morgan fingerprint density at radius 3 is 2.64 bits per heavy atom. The number of carbonyl (C=O) groups excluding carboxylic acids is 1. The van der Waals surface area contributed by atoms with Crippen molar-refractivity contribution in [3.8, 4) is 0 Å². The molecule has 1 N–H and O–H groups in total. The molecule has 0 saturated carbocycles. The molecule has 0 spiro atoms. The van der Waals surface area contributed by atoms with Crippen LogP contribution in [-0.4, -0.2) is 67.2 Å². The Morgan fingerprint density at radius 2 is 1.96 bits per heavy atom. The van der Waals surface area contributed by atoms with Crippen LogP contribution in [0.15, 0.2) is 24.3 Å². The number of nitrogens with zero attached hydrogens (tertiary/aromatic N) is 2. The van der Waals surface area contributed by atoms with Gasteiger partial charge in [0.05, 0.1) is 18.8 Å². The van der Waals surface area contributed by atoms with Crippen molar-refractivity contribution in [2.24, 2.45) is 0 Å². The van der Waals surface area contributed by atoms with Crippen molar-refractivity contribution in [3.05, 3.63) is 34.9 Å². The Kier molecular flexibility index (Phi) is 7.52. The van der Waals surface area contributed by atoms with Gasteiger partial charge >= 0.3 is 0 Å². The molecule has 7 heteroatoms. The first-order valence-corrected chi connectivity index (χ1v) is 9.05. The second-order valence-corrected chi connectivity index (χ2v) is 7.18. The van der Waals surface area contributed by atoms with Crippen LogP contribution in [0.4, 0.5) is 0 Å². The number of amides is 1. The van der Waals surface area contributed by atoms with Gasteiger partial charge in [0, 0.05) is 43.8 Å². The van der Waals surface area contributed by atoms with Gasteiger partial charge in [-0.3, -0.25) is 9.69 Å². The molecule has 2 fully saturated rings. The summed E-state index contributed by atoms with van der Waals surface area (Å²) < 4.78 is 5.73. The monoisotopic (exact) mass is 387 g/mol. The molecule has 0 aliphatic carbocycles. The van der Waals surface area contributed by atoms with Gasteiger partial charge in [0.1, 0.15) is 0 Å². The normalized spacial score (nSPS) is 27.6. The molecular weight excluding hydrogens is 361 g/mol. The predicted octanol–water partition coefficient (Wildman–Crippen LogP) is 2.34. The van der Waals surface area contributed by atoms with Crippen LogP contribution in [0.5, 0.6) is 0 Å². The lowest BCUT2D eigenvalue weighted by Crippen LogP contribution is -2.54. The summed E-state index contributed by atoms with van der Waals surface area (Å²) in [7, 11) is 0. The van der Waals surface area contributed by atoms with Gasteiger partial charge in [0.25, 0.3) is 0 Å². The molecule has 2 aliphatic rings. The molecule has 2 aliphatic heterocycles. The van der Waals surface area contributed by atoms with Gasteiger partial charge in [0.2, 0.25) is 5.91 Å². The number of halogens is 2. The van der Waals surface area contributed by atoms with E-state index in [0.717, 1.165) is 30.2 Å². The molecule has 140 valence electrons. The average molecular weight is 388 g/mol. The summed E-state index contributed by atoms with van der Waals surface area (Å²) in [5, 5.41) is 4.17. The topological polar surface area (TPSA) is 44.8 Å². The Labute approximate surface area is 161 Å². The average Bonchev–Trinajstić information content (AvgIpc) is 2.55. The van der Waals surface area contributed by atoms with E-state index in [9.17, 15) is 4.79 Å². The minimum atomic E-state index is 0. The molecular formula is C18H27Cl2N3O2. The highest BCUT2D eigenvalue weighted by Crippen LogP contribution is 2.28. The fourth-order valence-corrected chi connectivity index (χ4v) is 3.90. The SMILES string of the molecule is CC1CN(C(=O)CN2CCNCC2c2ccccc2Cl)CC(C)O1.Cl. The van der Waals surface area contributed by atoms with Crippen molar-refractivity contribution in [2.75, 3.05) is 39.3 Å². The predicted molar refractivity (Wildman–Crippen MR) is 102 cm³/mol. The number of hydrogen-bond acceptors (Lipinski definition) is 4. The van der Waals surface area contributed by atoms with Gasteiger partial charge in [-0.2, -0.15) is 0 Å². The standard InChI is InChI=1S/C18H26ClN3O2.ClH/c1-13-10-22(11-14(2)24-13)18(23)12-21-8-7-20-9-17(21)15-5-3-4-6-16(15)19;/h3-6,13-14,17,20H,7-12H2,1-2H3;1H. The third kappa shape index (κ3) is 5.08. The number of ether oxygens (including phenoxy) is 1. The van der Waals surface area contributed by atoms with E-state index in [2.05, 4.69) is 16.3 Å². The number of hydrogen-bond donors (Lipinski definition) is 1. The second-order valence-electron chi connectivity index (χ2n) is 6.77. The molecule has 1 amide bonds. The molecule has 0 aromatic heterocycles. The van der Waals surface area contributed by atoms with Crippen molar-refractivity contribution in [3.63, 3.8) is 0 Å². The first-order chi connectivity index (χ1) is 11.5. The van der Waals surface area contributed by atoms with Crippen LogP contribution in [0.3, 0.4) is 0 Å². The molecule has 2 heterocycles. The highest BCUT2D eigenvalue weighted by Gasteiger charge is 2.31. The smallest absolute Gasteiger partial charge is 0.236 e. The number of benzene rings is 1. The van der Waals surface area contributed by atoms with Crippen LogP contribution >= 0.6 is 24.0 Å². The Bertz CT molecular complexity index is 577. The van der Waals surface area contributed by atoms with E-state index in [0.29, 0.717) is 19.6 Å². The molecule has 25 heavy (non-hydrogen) atoms. The summed E-state index contributed by atoms with van der Waals surface area (Å²) in [4.78, 5) is 17.0. The molecule has 5 nitrogen and oxygen atoms in total. The Morgan fingerprint density at radius 1 is 1.28 bits per heavy atom. The van der Waals surface area contributed by atoms with Crippen molar-refractivity contribution in [2.45, 2.75) is 32.1 Å². The Hall–Kier alpha value is -0.850. The third-order valence-corrected chi connectivity index (χ3v) is 5.07. The molecule has 2 saturated heterocycles. The largest absolute Gasteiger partial charge is 0.372 e. The van der Waals surface area contributed by atoms with Crippen molar-refractivity contribution >= 4 is 29.9 Å². The maximum absolute atomic E-state index is 12.8. The van der Waals surface area contributed by atoms with E-state index < -0.39 is 0 Å². The van der Waals surface area contributed by atoms with Gasteiger partial charge in [0.15, 0.2) is 0 Å². The van der Waals surface area contributed by atoms with Crippen LogP contribution in [0.25, 0.3) is 0 Å². The van der Waals surface area contributed by atoms with E-state index in [-0.39, 0.29) is 36.6 Å². The second kappa shape index (κ2) is 9.19.